The topological polar surface area (TPSA) is 47.4 Å². The molecule has 5 nitrogen and oxygen atoms in total. The first kappa shape index (κ1) is 18.8. The molecule has 1 atom stereocenters. The quantitative estimate of drug-likeness (QED) is 0.783. The fourth-order valence-corrected chi connectivity index (χ4v) is 3.58. The number of nitrogens with zero attached hydrogens (tertiary/aromatic N) is 3. The van der Waals surface area contributed by atoms with Crippen molar-refractivity contribution < 1.29 is 9.53 Å². The normalized spacial score (nSPS) is 16.7. The number of imidazole rings is 1. The predicted molar refractivity (Wildman–Crippen MR) is 103 cm³/mol. The highest BCUT2D eigenvalue weighted by atomic mass is 35.5. The minimum atomic E-state index is -0.240. The first-order valence-electron chi connectivity index (χ1n) is 9.20. The van der Waals surface area contributed by atoms with Crippen molar-refractivity contribution in [2.75, 3.05) is 13.1 Å². The van der Waals surface area contributed by atoms with Crippen LogP contribution in [0.4, 0.5) is 0 Å². The van der Waals surface area contributed by atoms with E-state index in [0.717, 1.165) is 18.7 Å². The third-order valence-corrected chi connectivity index (χ3v) is 5.19. The molecule has 0 saturated carbocycles. The second-order valence-electron chi connectivity index (χ2n) is 7.10. The maximum Gasteiger partial charge on any atom is 0.245 e. The van der Waals surface area contributed by atoms with Crippen molar-refractivity contribution in [3.63, 3.8) is 0 Å². The third-order valence-electron chi connectivity index (χ3n) is 4.87. The molecule has 0 N–H and O–H groups in total. The third kappa shape index (κ3) is 4.04. The number of rotatable bonds is 5. The number of carbonyl (C=O) groups is 1. The first-order chi connectivity index (χ1) is 12.5. The van der Waals surface area contributed by atoms with E-state index in [1.54, 1.807) is 6.20 Å². The summed E-state index contributed by atoms with van der Waals surface area (Å²) in [6, 6.07) is 7.28. The average molecular weight is 376 g/mol. The van der Waals surface area contributed by atoms with Crippen molar-refractivity contribution in [1.29, 1.82) is 0 Å². The molecule has 0 radical (unpaired) electrons. The number of hydrogen-bond acceptors (Lipinski definition) is 3. The van der Waals surface area contributed by atoms with Crippen molar-refractivity contribution in [3.8, 4) is 5.75 Å². The summed E-state index contributed by atoms with van der Waals surface area (Å²) >= 11 is 6.16. The van der Waals surface area contributed by atoms with Gasteiger partial charge in [0, 0.05) is 44.2 Å². The van der Waals surface area contributed by atoms with E-state index < -0.39 is 0 Å². The van der Waals surface area contributed by atoms with Gasteiger partial charge in [-0.25, -0.2) is 4.98 Å². The van der Waals surface area contributed by atoms with E-state index in [9.17, 15) is 4.79 Å². The summed E-state index contributed by atoms with van der Waals surface area (Å²) in [4.78, 5) is 19.2. The first-order valence-corrected chi connectivity index (χ1v) is 9.58. The summed E-state index contributed by atoms with van der Waals surface area (Å²) in [6.07, 6.45) is 5.37. The van der Waals surface area contributed by atoms with Crippen LogP contribution in [0.25, 0.3) is 0 Å². The number of halogens is 1. The smallest absolute Gasteiger partial charge is 0.245 e. The molecule has 1 amide bonds. The van der Waals surface area contributed by atoms with Crippen LogP contribution in [0.3, 0.4) is 0 Å². The molecular weight excluding hydrogens is 350 g/mol. The molecule has 1 aliphatic rings. The van der Waals surface area contributed by atoms with Gasteiger partial charge in [0.25, 0.3) is 0 Å². The summed E-state index contributed by atoms with van der Waals surface area (Å²) in [6.45, 7) is 7.53. The van der Waals surface area contributed by atoms with E-state index in [2.05, 4.69) is 18.8 Å². The Kier molecular flexibility index (Phi) is 5.87. The Morgan fingerprint density at radius 2 is 1.92 bits per heavy atom. The molecule has 1 aromatic heterocycles. The monoisotopic (exact) mass is 375 g/mol. The number of likely N-dealkylation sites (tertiary alicyclic amines) is 1. The van der Waals surface area contributed by atoms with E-state index in [4.69, 9.17) is 16.3 Å². The van der Waals surface area contributed by atoms with Gasteiger partial charge < -0.3 is 14.2 Å². The highest BCUT2D eigenvalue weighted by Gasteiger charge is 2.29. The lowest BCUT2D eigenvalue weighted by atomic mass is 10.1. The van der Waals surface area contributed by atoms with Crippen molar-refractivity contribution >= 4 is 17.5 Å². The molecule has 26 heavy (non-hydrogen) atoms. The number of para-hydroxylation sites is 1. The number of carbonyl (C=O) groups excluding carboxylic acids is 1. The molecule has 2 aromatic rings. The molecule has 1 aliphatic heterocycles. The Hall–Kier alpha value is -2.01. The molecule has 1 aromatic carbocycles. The molecule has 0 bridgehead atoms. The summed E-state index contributed by atoms with van der Waals surface area (Å²) in [7, 11) is 0. The largest absolute Gasteiger partial charge is 0.489 e. The van der Waals surface area contributed by atoms with Crippen LogP contribution in [0.1, 0.15) is 51.4 Å². The highest BCUT2D eigenvalue weighted by Crippen LogP contribution is 2.27. The van der Waals surface area contributed by atoms with Crippen LogP contribution in [-0.4, -0.2) is 39.6 Å². The van der Waals surface area contributed by atoms with Crippen molar-refractivity contribution in [3.05, 3.63) is 47.5 Å². The maximum atomic E-state index is 12.9. The number of hydrogen-bond donors (Lipinski definition) is 0. The standard InChI is InChI=1S/C20H26ClN3O2/c1-14(2)19-22-10-13-24(19)15(3)20(25)23-11-8-16(9-12-23)26-18-7-5-4-6-17(18)21/h4-7,10,13-16H,8-9,11-12H2,1-3H3/t15-/m0/s1. The van der Waals surface area contributed by atoms with Gasteiger partial charge in [-0.15, -0.1) is 0 Å². The molecule has 3 rings (SSSR count). The second kappa shape index (κ2) is 8.12. The Morgan fingerprint density at radius 1 is 1.23 bits per heavy atom. The summed E-state index contributed by atoms with van der Waals surface area (Å²) in [5.41, 5.74) is 0. The van der Waals surface area contributed by atoms with Gasteiger partial charge in [-0.2, -0.15) is 0 Å². The van der Waals surface area contributed by atoms with Gasteiger partial charge >= 0.3 is 0 Å². The van der Waals surface area contributed by atoms with Gasteiger partial charge in [0.1, 0.15) is 23.7 Å². The molecular formula is C20H26ClN3O2. The van der Waals surface area contributed by atoms with Crippen LogP contribution >= 0.6 is 11.6 Å². The van der Waals surface area contributed by atoms with Crippen LogP contribution in [0, 0.1) is 0 Å². The highest BCUT2D eigenvalue weighted by molar-refractivity contribution is 6.32. The zero-order valence-electron chi connectivity index (χ0n) is 15.6. The van der Waals surface area contributed by atoms with E-state index in [1.807, 2.05) is 46.9 Å². The molecule has 6 heteroatoms. The fourth-order valence-electron chi connectivity index (χ4n) is 3.40. The Balaban J connectivity index is 1.58. The van der Waals surface area contributed by atoms with Gasteiger partial charge in [-0.1, -0.05) is 37.6 Å². The summed E-state index contributed by atoms with van der Waals surface area (Å²) < 4.78 is 8.00. The lowest BCUT2D eigenvalue weighted by Crippen LogP contribution is -2.44. The van der Waals surface area contributed by atoms with Gasteiger partial charge in [-0.05, 0) is 19.1 Å². The lowest BCUT2D eigenvalue weighted by Gasteiger charge is -2.34. The number of amides is 1. The zero-order valence-corrected chi connectivity index (χ0v) is 16.3. The zero-order chi connectivity index (χ0) is 18.7. The Bertz CT molecular complexity index is 751. The fraction of sp³-hybridized carbons (Fsp3) is 0.500. The minimum absolute atomic E-state index is 0.0914. The molecule has 0 aliphatic carbocycles. The molecule has 1 fully saturated rings. The van der Waals surface area contributed by atoms with Crippen LogP contribution in [-0.2, 0) is 4.79 Å². The molecule has 1 saturated heterocycles. The SMILES string of the molecule is CC(C)c1nccn1[C@@H](C)C(=O)N1CCC(Oc2ccccc2Cl)CC1. The predicted octanol–water partition coefficient (Wildman–Crippen LogP) is 4.29. The van der Waals surface area contributed by atoms with Crippen molar-refractivity contribution in [2.45, 2.75) is 51.7 Å². The van der Waals surface area contributed by atoms with Crippen LogP contribution in [0.5, 0.6) is 5.75 Å². The maximum absolute atomic E-state index is 12.9. The number of piperidine rings is 1. The van der Waals surface area contributed by atoms with Crippen LogP contribution in [0.2, 0.25) is 5.02 Å². The van der Waals surface area contributed by atoms with E-state index >= 15 is 0 Å². The van der Waals surface area contributed by atoms with Crippen molar-refractivity contribution in [2.24, 2.45) is 0 Å². The van der Waals surface area contributed by atoms with Gasteiger partial charge in [0.05, 0.1) is 5.02 Å². The minimum Gasteiger partial charge on any atom is -0.489 e. The molecule has 0 unspecified atom stereocenters. The second-order valence-corrected chi connectivity index (χ2v) is 7.50. The van der Waals surface area contributed by atoms with Crippen molar-refractivity contribution in [1.82, 2.24) is 14.5 Å². The summed E-state index contributed by atoms with van der Waals surface area (Å²) in [5, 5.41) is 0.626. The lowest BCUT2D eigenvalue weighted by molar-refractivity contribution is -0.136. The van der Waals surface area contributed by atoms with E-state index in [1.165, 1.54) is 0 Å². The van der Waals surface area contributed by atoms with Crippen LogP contribution in [0.15, 0.2) is 36.7 Å². The Morgan fingerprint density at radius 3 is 2.58 bits per heavy atom. The average Bonchev–Trinajstić information content (AvgIpc) is 3.13. The number of ether oxygens (including phenoxy) is 1. The van der Waals surface area contributed by atoms with Gasteiger partial charge in [-0.3, -0.25) is 4.79 Å². The van der Waals surface area contributed by atoms with Gasteiger partial charge in [0.2, 0.25) is 5.91 Å². The molecule has 2 heterocycles. The molecule has 0 spiro atoms. The molecule has 140 valence electrons. The number of aromatic nitrogens is 2. The Labute approximate surface area is 159 Å². The van der Waals surface area contributed by atoms with Gasteiger partial charge in [0.15, 0.2) is 0 Å². The van der Waals surface area contributed by atoms with E-state index in [0.29, 0.717) is 23.9 Å². The van der Waals surface area contributed by atoms with Crippen LogP contribution < -0.4 is 4.74 Å². The number of benzene rings is 1. The summed E-state index contributed by atoms with van der Waals surface area (Å²) in [5.74, 6) is 2.09. The van der Waals surface area contributed by atoms with E-state index in [-0.39, 0.29) is 24.0 Å².